The molecular formula is C20H18N2O4. The Balaban J connectivity index is 1.72. The number of non-ortho nitro benzene ring substituents is 1. The van der Waals surface area contributed by atoms with Gasteiger partial charge in [-0.15, -0.1) is 0 Å². The van der Waals surface area contributed by atoms with Crippen LogP contribution in [0, 0.1) is 17.0 Å². The summed E-state index contributed by atoms with van der Waals surface area (Å²) < 4.78 is 5.83. The number of benzene rings is 2. The van der Waals surface area contributed by atoms with E-state index in [9.17, 15) is 14.9 Å². The number of nitro groups is 1. The second-order valence-electron chi connectivity index (χ2n) is 6.02. The van der Waals surface area contributed by atoms with Gasteiger partial charge in [-0.3, -0.25) is 14.9 Å². The predicted molar refractivity (Wildman–Crippen MR) is 100 cm³/mol. The van der Waals surface area contributed by atoms with Gasteiger partial charge in [-0.05, 0) is 49.3 Å². The van der Waals surface area contributed by atoms with E-state index in [1.165, 1.54) is 24.3 Å². The molecule has 0 saturated heterocycles. The van der Waals surface area contributed by atoms with Crippen LogP contribution in [0.3, 0.4) is 0 Å². The van der Waals surface area contributed by atoms with Crippen LogP contribution in [0.4, 0.5) is 11.4 Å². The van der Waals surface area contributed by atoms with Crippen molar-refractivity contribution in [3.63, 3.8) is 0 Å². The molecule has 1 atom stereocenters. The number of ether oxygens (including phenoxy) is 1. The molecule has 1 aliphatic heterocycles. The number of carbonyl (C=O) groups excluding carboxylic acids is 1. The van der Waals surface area contributed by atoms with Crippen LogP contribution in [0.15, 0.2) is 60.2 Å². The van der Waals surface area contributed by atoms with Gasteiger partial charge in [0.05, 0.1) is 4.92 Å². The van der Waals surface area contributed by atoms with E-state index >= 15 is 0 Å². The molecule has 132 valence electrons. The van der Waals surface area contributed by atoms with Gasteiger partial charge in [0.15, 0.2) is 0 Å². The van der Waals surface area contributed by atoms with Crippen LogP contribution in [-0.2, 0) is 4.79 Å². The number of para-hydroxylation sites is 1. The fraction of sp³-hybridized carbons (Fsp3) is 0.150. The number of rotatable bonds is 4. The zero-order chi connectivity index (χ0) is 18.7. The van der Waals surface area contributed by atoms with E-state index in [2.05, 4.69) is 5.32 Å². The molecule has 3 rings (SSSR count). The van der Waals surface area contributed by atoms with Gasteiger partial charge < -0.3 is 10.1 Å². The zero-order valence-corrected chi connectivity index (χ0v) is 14.4. The fourth-order valence-electron chi connectivity index (χ4n) is 2.69. The van der Waals surface area contributed by atoms with E-state index in [0.717, 1.165) is 16.9 Å². The monoisotopic (exact) mass is 350 g/mol. The number of nitrogens with one attached hydrogen (secondary N) is 1. The Morgan fingerprint density at radius 3 is 2.77 bits per heavy atom. The summed E-state index contributed by atoms with van der Waals surface area (Å²) in [6, 6.07) is 12.0. The maximum atomic E-state index is 12.2. The Morgan fingerprint density at radius 2 is 2.04 bits per heavy atom. The Labute approximate surface area is 151 Å². The molecule has 6 nitrogen and oxygen atoms in total. The van der Waals surface area contributed by atoms with Gasteiger partial charge in [-0.25, -0.2) is 0 Å². The van der Waals surface area contributed by atoms with Crippen molar-refractivity contribution >= 4 is 23.4 Å². The van der Waals surface area contributed by atoms with Crippen LogP contribution in [0.25, 0.3) is 6.08 Å². The first-order valence-electron chi connectivity index (χ1n) is 8.15. The van der Waals surface area contributed by atoms with Crippen molar-refractivity contribution < 1.29 is 14.5 Å². The second kappa shape index (κ2) is 7.23. The molecule has 1 amide bonds. The maximum Gasteiger partial charge on any atom is 0.269 e. The topological polar surface area (TPSA) is 81.5 Å². The maximum absolute atomic E-state index is 12.2. The minimum Gasteiger partial charge on any atom is -0.485 e. The largest absolute Gasteiger partial charge is 0.485 e. The lowest BCUT2D eigenvalue weighted by atomic mass is 10.0. The molecule has 0 fully saturated rings. The number of aryl methyl sites for hydroxylation is 1. The van der Waals surface area contributed by atoms with E-state index < -0.39 is 4.92 Å². The molecule has 1 N–H and O–H groups in total. The molecule has 1 unspecified atom stereocenters. The molecule has 0 radical (unpaired) electrons. The first-order chi connectivity index (χ1) is 12.4. The van der Waals surface area contributed by atoms with E-state index in [4.69, 9.17) is 4.74 Å². The van der Waals surface area contributed by atoms with Crippen LogP contribution >= 0.6 is 0 Å². The first-order valence-corrected chi connectivity index (χ1v) is 8.15. The third-order valence-electron chi connectivity index (χ3n) is 4.12. The van der Waals surface area contributed by atoms with Crippen molar-refractivity contribution in [3.8, 4) is 5.75 Å². The normalized spacial score (nSPS) is 15.8. The Morgan fingerprint density at radius 1 is 1.27 bits per heavy atom. The summed E-state index contributed by atoms with van der Waals surface area (Å²) in [4.78, 5) is 22.5. The lowest BCUT2D eigenvalue weighted by Crippen LogP contribution is -2.18. The van der Waals surface area contributed by atoms with E-state index in [1.807, 2.05) is 37.3 Å². The fourth-order valence-corrected chi connectivity index (χ4v) is 2.69. The van der Waals surface area contributed by atoms with Crippen molar-refractivity contribution in [2.45, 2.75) is 20.0 Å². The number of nitrogens with zero attached hydrogens (tertiary/aromatic N) is 1. The van der Waals surface area contributed by atoms with E-state index in [1.54, 1.807) is 13.0 Å². The number of hydrogen-bond donors (Lipinski definition) is 1. The molecule has 0 aliphatic carbocycles. The van der Waals surface area contributed by atoms with Crippen molar-refractivity contribution in [3.05, 3.63) is 81.4 Å². The summed E-state index contributed by atoms with van der Waals surface area (Å²) in [5.41, 5.74) is 3.02. The SMILES string of the molecule is Cc1cc([N+](=O)[O-])ccc1NC(=O)C=CC1=Cc2ccccc2OC1C. The lowest BCUT2D eigenvalue weighted by Gasteiger charge is -2.22. The standard InChI is InChI=1S/C20H18N2O4/c1-13-11-17(22(24)25)8-9-18(13)21-20(23)10-7-15-12-16-5-3-4-6-19(16)26-14(15)2/h3-12,14H,1-2H3,(H,21,23). The molecule has 6 heteroatoms. The molecule has 2 aromatic carbocycles. The molecule has 0 spiro atoms. The average molecular weight is 350 g/mol. The molecular weight excluding hydrogens is 332 g/mol. The van der Waals surface area contributed by atoms with Crippen LogP contribution in [0.2, 0.25) is 0 Å². The lowest BCUT2D eigenvalue weighted by molar-refractivity contribution is -0.384. The summed E-state index contributed by atoms with van der Waals surface area (Å²) in [5, 5.41) is 13.5. The summed E-state index contributed by atoms with van der Waals surface area (Å²) in [5.74, 6) is 0.511. The molecule has 0 saturated carbocycles. The van der Waals surface area contributed by atoms with Crippen LogP contribution in [-0.4, -0.2) is 16.9 Å². The number of fused-ring (bicyclic) bond motifs is 1. The van der Waals surface area contributed by atoms with Gasteiger partial charge in [0.25, 0.3) is 5.69 Å². The second-order valence-corrected chi connectivity index (χ2v) is 6.02. The third kappa shape index (κ3) is 3.80. The van der Waals surface area contributed by atoms with Gasteiger partial charge in [-0.1, -0.05) is 18.2 Å². The van der Waals surface area contributed by atoms with Crippen molar-refractivity contribution in [1.82, 2.24) is 0 Å². The average Bonchev–Trinajstić information content (AvgIpc) is 2.61. The Bertz CT molecular complexity index is 931. The number of anilines is 1. The quantitative estimate of drug-likeness (QED) is 0.507. The summed E-state index contributed by atoms with van der Waals surface area (Å²) in [7, 11) is 0. The van der Waals surface area contributed by atoms with Gasteiger partial charge >= 0.3 is 0 Å². The van der Waals surface area contributed by atoms with Gasteiger partial charge in [-0.2, -0.15) is 0 Å². The molecule has 1 aliphatic rings. The molecule has 26 heavy (non-hydrogen) atoms. The minimum absolute atomic E-state index is 0.00644. The Hall–Kier alpha value is -3.41. The highest BCUT2D eigenvalue weighted by molar-refractivity contribution is 6.00. The van der Waals surface area contributed by atoms with Crippen molar-refractivity contribution in [2.75, 3.05) is 5.32 Å². The number of nitro benzene ring substituents is 1. The Kier molecular flexibility index (Phi) is 4.84. The number of hydrogen-bond acceptors (Lipinski definition) is 4. The summed E-state index contributed by atoms with van der Waals surface area (Å²) in [6.07, 6.45) is 4.98. The zero-order valence-electron chi connectivity index (χ0n) is 14.4. The van der Waals surface area contributed by atoms with E-state index in [0.29, 0.717) is 11.3 Å². The highest BCUT2D eigenvalue weighted by atomic mass is 16.6. The van der Waals surface area contributed by atoms with Crippen LogP contribution in [0.5, 0.6) is 5.75 Å². The van der Waals surface area contributed by atoms with Gasteiger partial charge in [0.2, 0.25) is 5.91 Å². The number of amides is 1. The van der Waals surface area contributed by atoms with Gasteiger partial charge in [0, 0.05) is 29.5 Å². The van der Waals surface area contributed by atoms with E-state index in [-0.39, 0.29) is 17.7 Å². The molecule has 2 aromatic rings. The summed E-state index contributed by atoms with van der Waals surface area (Å²) in [6.45, 7) is 3.63. The van der Waals surface area contributed by atoms with Crippen LogP contribution < -0.4 is 10.1 Å². The van der Waals surface area contributed by atoms with Gasteiger partial charge in [0.1, 0.15) is 11.9 Å². The van der Waals surface area contributed by atoms with Crippen molar-refractivity contribution in [1.29, 1.82) is 0 Å². The minimum atomic E-state index is -0.465. The molecule has 0 bridgehead atoms. The number of carbonyl (C=O) groups is 1. The smallest absolute Gasteiger partial charge is 0.269 e. The van der Waals surface area contributed by atoms with Crippen LogP contribution in [0.1, 0.15) is 18.1 Å². The highest BCUT2D eigenvalue weighted by Gasteiger charge is 2.16. The molecule has 1 heterocycles. The highest BCUT2D eigenvalue weighted by Crippen LogP contribution is 2.29. The summed E-state index contributed by atoms with van der Waals surface area (Å²) >= 11 is 0. The molecule has 0 aromatic heterocycles. The predicted octanol–water partition coefficient (Wildman–Crippen LogP) is 4.26. The first kappa shape index (κ1) is 17.4. The van der Waals surface area contributed by atoms with Crippen molar-refractivity contribution in [2.24, 2.45) is 0 Å². The third-order valence-corrected chi connectivity index (χ3v) is 4.12.